The number of carbonyl (C=O) groups is 1. The Labute approximate surface area is 118 Å². The van der Waals surface area contributed by atoms with Crippen LogP contribution in [0.1, 0.15) is 10.4 Å². The zero-order valence-electron chi connectivity index (χ0n) is 9.40. The van der Waals surface area contributed by atoms with Crippen molar-refractivity contribution in [1.29, 1.82) is 0 Å². The molecule has 92 valence electrons. The summed E-state index contributed by atoms with van der Waals surface area (Å²) in [7, 11) is 0. The van der Waals surface area contributed by atoms with Crippen molar-refractivity contribution in [2.75, 3.05) is 6.61 Å². The maximum Gasteiger partial charge on any atom is 0.200 e. The van der Waals surface area contributed by atoms with Crippen molar-refractivity contribution in [3.63, 3.8) is 0 Å². The normalized spacial score (nSPS) is 10.1. The molecule has 0 amide bonds. The van der Waals surface area contributed by atoms with Gasteiger partial charge in [-0.1, -0.05) is 0 Å². The predicted molar refractivity (Wildman–Crippen MR) is 75.4 cm³/mol. The lowest BCUT2D eigenvalue weighted by Gasteiger charge is -2.05. The van der Waals surface area contributed by atoms with E-state index >= 15 is 0 Å². The van der Waals surface area contributed by atoms with Crippen LogP contribution in [0.25, 0.3) is 0 Å². The summed E-state index contributed by atoms with van der Waals surface area (Å²) in [4.78, 5) is 11.7. The highest BCUT2D eigenvalue weighted by molar-refractivity contribution is 14.1. The molecule has 0 aliphatic heterocycles. The van der Waals surface area contributed by atoms with E-state index in [4.69, 9.17) is 4.74 Å². The molecular formula is C14H10FIO2. The molecule has 2 aromatic rings. The second-order valence-electron chi connectivity index (χ2n) is 3.67. The number of ketones is 1. The Morgan fingerprint density at radius 1 is 1.06 bits per heavy atom. The van der Waals surface area contributed by atoms with Crippen LogP contribution in [-0.2, 0) is 0 Å². The van der Waals surface area contributed by atoms with E-state index in [2.05, 4.69) is 22.6 Å². The van der Waals surface area contributed by atoms with Crippen LogP contribution < -0.4 is 4.74 Å². The van der Waals surface area contributed by atoms with Gasteiger partial charge in [0.25, 0.3) is 0 Å². The van der Waals surface area contributed by atoms with Crippen molar-refractivity contribution in [2.45, 2.75) is 0 Å². The maximum absolute atomic E-state index is 12.7. The highest BCUT2D eigenvalue weighted by Gasteiger charge is 2.06. The van der Waals surface area contributed by atoms with Gasteiger partial charge in [-0.25, -0.2) is 4.39 Å². The Morgan fingerprint density at radius 2 is 1.67 bits per heavy atom. The van der Waals surface area contributed by atoms with Gasteiger partial charge in [0.1, 0.15) is 11.6 Å². The standard InChI is InChI=1S/C14H10FIO2/c15-11-3-1-10(2-4-11)14(17)9-18-13-7-5-12(16)6-8-13/h1-8H,9H2. The number of ether oxygens (including phenoxy) is 1. The molecule has 4 heteroatoms. The molecule has 2 aromatic carbocycles. The SMILES string of the molecule is O=C(COc1ccc(I)cc1)c1ccc(F)cc1. The Bertz CT molecular complexity index is 535. The van der Waals surface area contributed by atoms with Gasteiger partial charge in [-0.2, -0.15) is 0 Å². The first-order valence-electron chi connectivity index (χ1n) is 5.32. The van der Waals surface area contributed by atoms with E-state index in [1.165, 1.54) is 24.3 Å². The summed E-state index contributed by atoms with van der Waals surface area (Å²) < 4.78 is 19.2. The molecule has 0 atom stereocenters. The van der Waals surface area contributed by atoms with E-state index < -0.39 is 0 Å². The van der Waals surface area contributed by atoms with Crippen LogP contribution in [0.4, 0.5) is 4.39 Å². The molecule has 18 heavy (non-hydrogen) atoms. The quantitative estimate of drug-likeness (QED) is 0.617. The van der Waals surface area contributed by atoms with Gasteiger partial charge in [0.2, 0.25) is 0 Å². The Balaban J connectivity index is 1.96. The van der Waals surface area contributed by atoms with Crippen LogP contribution in [0, 0.1) is 9.39 Å². The fourth-order valence-corrected chi connectivity index (χ4v) is 1.76. The molecule has 0 N–H and O–H groups in total. The van der Waals surface area contributed by atoms with Gasteiger partial charge < -0.3 is 4.74 Å². The first kappa shape index (κ1) is 13.0. The van der Waals surface area contributed by atoms with E-state index in [1.807, 2.05) is 12.1 Å². The van der Waals surface area contributed by atoms with Crippen LogP contribution in [-0.4, -0.2) is 12.4 Å². The number of hydrogen-bond donors (Lipinski definition) is 0. The molecule has 0 aliphatic rings. The Morgan fingerprint density at radius 3 is 2.28 bits per heavy atom. The first-order chi connectivity index (χ1) is 8.65. The van der Waals surface area contributed by atoms with Crippen molar-refractivity contribution >= 4 is 28.4 Å². The topological polar surface area (TPSA) is 26.3 Å². The molecule has 0 unspecified atom stereocenters. The number of halogens is 2. The fourth-order valence-electron chi connectivity index (χ4n) is 1.40. The number of rotatable bonds is 4. The van der Waals surface area contributed by atoms with E-state index in [-0.39, 0.29) is 18.2 Å². The molecule has 2 nitrogen and oxygen atoms in total. The van der Waals surface area contributed by atoms with Crippen LogP contribution in [0.3, 0.4) is 0 Å². The third kappa shape index (κ3) is 3.53. The number of carbonyl (C=O) groups excluding carboxylic acids is 1. The molecule has 0 aliphatic carbocycles. The molecule has 0 aromatic heterocycles. The van der Waals surface area contributed by atoms with Gasteiger partial charge in [-0.15, -0.1) is 0 Å². The molecule has 0 heterocycles. The summed E-state index contributed by atoms with van der Waals surface area (Å²) in [6, 6.07) is 12.8. The molecule has 0 bridgehead atoms. The van der Waals surface area contributed by atoms with Gasteiger partial charge >= 0.3 is 0 Å². The summed E-state index contributed by atoms with van der Waals surface area (Å²) in [6.45, 7) is -0.0494. The van der Waals surface area contributed by atoms with Gasteiger partial charge in [0, 0.05) is 9.13 Å². The third-order valence-corrected chi connectivity index (χ3v) is 3.07. The van der Waals surface area contributed by atoms with Gasteiger partial charge in [-0.3, -0.25) is 4.79 Å². The van der Waals surface area contributed by atoms with Crippen molar-refractivity contribution < 1.29 is 13.9 Å². The summed E-state index contributed by atoms with van der Waals surface area (Å²) in [5.41, 5.74) is 0.446. The summed E-state index contributed by atoms with van der Waals surface area (Å²) >= 11 is 2.19. The van der Waals surface area contributed by atoms with E-state index in [0.717, 1.165) is 3.57 Å². The van der Waals surface area contributed by atoms with Crippen LogP contribution in [0.15, 0.2) is 48.5 Å². The van der Waals surface area contributed by atoms with Crippen molar-refractivity contribution in [2.24, 2.45) is 0 Å². The number of Topliss-reactive ketones (excluding diaryl/α,β-unsaturated/α-hetero) is 1. The second kappa shape index (κ2) is 5.95. The van der Waals surface area contributed by atoms with Crippen LogP contribution in [0.2, 0.25) is 0 Å². The monoisotopic (exact) mass is 356 g/mol. The molecule has 0 radical (unpaired) electrons. The smallest absolute Gasteiger partial charge is 0.200 e. The van der Waals surface area contributed by atoms with Crippen molar-refractivity contribution in [1.82, 2.24) is 0 Å². The van der Waals surface area contributed by atoms with Crippen molar-refractivity contribution in [3.8, 4) is 5.75 Å². The Kier molecular flexibility index (Phi) is 4.30. The third-order valence-electron chi connectivity index (χ3n) is 2.35. The summed E-state index contributed by atoms with van der Waals surface area (Å²) in [6.07, 6.45) is 0. The summed E-state index contributed by atoms with van der Waals surface area (Å²) in [5.74, 6) is 0.115. The lowest BCUT2D eigenvalue weighted by molar-refractivity contribution is 0.0921. The molecule has 0 spiro atoms. The highest BCUT2D eigenvalue weighted by Crippen LogP contribution is 2.14. The minimum atomic E-state index is -0.356. The lowest BCUT2D eigenvalue weighted by Crippen LogP contribution is -2.11. The zero-order valence-corrected chi connectivity index (χ0v) is 11.6. The van der Waals surface area contributed by atoms with Crippen LogP contribution >= 0.6 is 22.6 Å². The number of hydrogen-bond acceptors (Lipinski definition) is 2. The van der Waals surface area contributed by atoms with Crippen LogP contribution in [0.5, 0.6) is 5.75 Å². The molecular weight excluding hydrogens is 346 g/mol. The highest BCUT2D eigenvalue weighted by atomic mass is 127. The van der Waals surface area contributed by atoms with E-state index in [9.17, 15) is 9.18 Å². The van der Waals surface area contributed by atoms with E-state index in [1.54, 1.807) is 12.1 Å². The first-order valence-corrected chi connectivity index (χ1v) is 6.40. The lowest BCUT2D eigenvalue weighted by atomic mass is 10.1. The average Bonchev–Trinajstić information content (AvgIpc) is 2.38. The van der Waals surface area contributed by atoms with Crippen molar-refractivity contribution in [3.05, 3.63) is 63.5 Å². The Hall–Kier alpha value is -1.43. The molecule has 0 fully saturated rings. The minimum absolute atomic E-state index is 0.0494. The maximum atomic E-state index is 12.7. The van der Waals surface area contributed by atoms with E-state index in [0.29, 0.717) is 11.3 Å². The fraction of sp³-hybridized carbons (Fsp3) is 0.0714. The largest absolute Gasteiger partial charge is 0.485 e. The van der Waals surface area contributed by atoms with Gasteiger partial charge in [-0.05, 0) is 71.1 Å². The molecule has 0 saturated heterocycles. The van der Waals surface area contributed by atoms with Gasteiger partial charge in [0.05, 0.1) is 0 Å². The zero-order chi connectivity index (χ0) is 13.0. The van der Waals surface area contributed by atoms with Gasteiger partial charge in [0.15, 0.2) is 12.4 Å². The predicted octanol–water partition coefficient (Wildman–Crippen LogP) is 3.69. The molecule has 2 rings (SSSR count). The second-order valence-corrected chi connectivity index (χ2v) is 4.92. The average molecular weight is 356 g/mol. The number of benzene rings is 2. The molecule has 0 saturated carbocycles. The minimum Gasteiger partial charge on any atom is -0.485 e. The summed E-state index contributed by atoms with van der Waals surface area (Å²) in [5, 5.41) is 0.